The molecule has 0 radical (unpaired) electrons. The van der Waals surface area contributed by atoms with Gasteiger partial charge in [0.2, 0.25) is 7.44 Å². The molecule has 0 aliphatic carbocycles. The zero-order valence-electron chi connectivity index (χ0n) is 16.0. The minimum atomic E-state index is -2.62. The Balaban J connectivity index is 1.42. The summed E-state index contributed by atoms with van der Waals surface area (Å²) in [6.45, 7) is 9.63. The molecule has 8 heteroatoms. The molecular weight excluding hydrogens is 363 g/mol. The maximum atomic E-state index is 14.2. The summed E-state index contributed by atoms with van der Waals surface area (Å²) in [4.78, 5) is 4.82. The average molecular weight is 394 g/mol. The predicted octanol–water partition coefficient (Wildman–Crippen LogP) is 1.62. The summed E-state index contributed by atoms with van der Waals surface area (Å²) >= 11 is 0. The maximum absolute atomic E-state index is 14.2. The lowest BCUT2D eigenvalue weighted by molar-refractivity contribution is 0.0506. The van der Waals surface area contributed by atoms with Crippen LogP contribution in [0, 0.1) is 0 Å². The first-order valence-electron chi connectivity index (χ1n) is 10.0. The van der Waals surface area contributed by atoms with Crippen molar-refractivity contribution in [3.8, 4) is 0 Å². The SMILES string of the molecule is O=P(CN1CCN(c2ccccc2)CC1)(N1CCOCC1)N1CCOCC1. The van der Waals surface area contributed by atoms with Crippen LogP contribution < -0.4 is 4.90 Å². The molecule has 150 valence electrons. The van der Waals surface area contributed by atoms with E-state index in [9.17, 15) is 4.57 Å². The van der Waals surface area contributed by atoms with Gasteiger partial charge in [0.05, 0.1) is 32.7 Å². The number of benzene rings is 1. The number of nitrogens with zero attached hydrogens (tertiary/aromatic N) is 4. The summed E-state index contributed by atoms with van der Waals surface area (Å²) in [6, 6.07) is 10.6. The number of anilines is 1. The van der Waals surface area contributed by atoms with Crippen LogP contribution in [0.1, 0.15) is 0 Å². The van der Waals surface area contributed by atoms with Crippen LogP contribution in [0.15, 0.2) is 30.3 Å². The molecule has 3 heterocycles. The van der Waals surface area contributed by atoms with Crippen molar-refractivity contribution < 1.29 is 14.0 Å². The summed E-state index contributed by atoms with van der Waals surface area (Å²) in [7, 11) is -2.62. The number of hydrogen-bond acceptors (Lipinski definition) is 5. The van der Waals surface area contributed by atoms with E-state index in [1.165, 1.54) is 5.69 Å². The van der Waals surface area contributed by atoms with Crippen LogP contribution in [0.3, 0.4) is 0 Å². The Morgan fingerprint density at radius 3 is 1.78 bits per heavy atom. The van der Waals surface area contributed by atoms with Crippen molar-refractivity contribution in [1.29, 1.82) is 0 Å². The predicted molar refractivity (Wildman–Crippen MR) is 107 cm³/mol. The molecule has 27 heavy (non-hydrogen) atoms. The first-order valence-corrected chi connectivity index (χ1v) is 11.8. The van der Waals surface area contributed by atoms with E-state index in [1.54, 1.807) is 0 Å². The quantitative estimate of drug-likeness (QED) is 0.704. The van der Waals surface area contributed by atoms with Crippen molar-refractivity contribution in [2.75, 3.05) is 90.0 Å². The molecule has 0 aromatic heterocycles. The van der Waals surface area contributed by atoms with Gasteiger partial charge in [0.25, 0.3) is 0 Å². The van der Waals surface area contributed by atoms with E-state index in [4.69, 9.17) is 9.47 Å². The minimum absolute atomic E-state index is 0.648. The van der Waals surface area contributed by atoms with Gasteiger partial charge in [0, 0.05) is 58.0 Å². The number of rotatable bonds is 5. The van der Waals surface area contributed by atoms with E-state index in [0.717, 1.165) is 52.4 Å². The van der Waals surface area contributed by atoms with Gasteiger partial charge in [-0.2, -0.15) is 0 Å². The highest BCUT2D eigenvalue weighted by Crippen LogP contribution is 2.54. The highest BCUT2D eigenvalue weighted by atomic mass is 31.2. The van der Waals surface area contributed by atoms with Gasteiger partial charge in [-0.15, -0.1) is 0 Å². The molecule has 0 N–H and O–H groups in total. The van der Waals surface area contributed by atoms with Crippen LogP contribution in [0.25, 0.3) is 0 Å². The zero-order chi connectivity index (χ0) is 18.5. The van der Waals surface area contributed by atoms with E-state index in [2.05, 4.69) is 49.5 Å². The van der Waals surface area contributed by atoms with Gasteiger partial charge in [0.1, 0.15) is 0 Å². The molecule has 0 spiro atoms. The molecule has 0 unspecified atom stereocenters. The summed E-state index contributed by atoms with van der Waals surface area (Å²) < 4.78 is 29.6. The smallest absolute Gasteiger partial charge is 0.230 e. The van der Waals surface area contributed by atoms with Gasteiger partial charge in [0.15, 0.2) is 0 Å². The van der Waals surface area contributed by atoms with Crippen LogP contribution in [0.2, 0.25) is 0 Å². The normalized spacial score (nSPS) is 24.2. The Hall–Kier alpha value is -0.950. The molecule has 3 aliphatic heterocycles. The molecule has 3 fully saturated rings. The van der Waals surface area contributed by atoms with Gasteiger partial charge in [-0.25, -0.2) is 9.34 Å². The van der Waals surface area contributed by atoms with Crippen molar-refractivity contribution in [3.63, 3.8) is 0 Å². The summed E-state index contributed by atoms with van der Waals surface area (Å²) in [5.74, 6) is 0. The molecule has 0 bridgehead atoms. The van der Waals surface area contributed by atoms with E-state index in [-0.39, 0.29) is 0 Å². The molecule has 1 aromatic carbocycles. The van der Waals surface area contributed by atoms with Gasteiger partial charge in [-0.3, -0.25) is 9.46 Å². The van der Waals surface area contributed by atoms with Crippen LogP contribution in [0.4, 0.5) is 5.69 Å². The third-order valence-corrected chi connectivity index (χ3v) is 9.07. The Morgan fingerprint density at radius 2 is 1.26 bits per heavy atom. The van der Waals surface area contributed by atoms with Crippen LogP contribution in [-0.4, -0.2) is 99.3 Å². The highest BCUT2D eigenvalue weighted by Gasteiger charge is 2.40. The summed E-state index contributed by atoms with van der Waals surface area (Å²) in [6.07, 6.45) is 0.648. The highest BCUT2D eigenvalue weighted by molar-refractivity contribution is 7.59. The Labute approximate surface area is 162 Å². The molecule has 0 saturated carbocycles. The molecule has 3 aliphatic rings. The van der Waals surface area contributed by atoms with Crippen LogP contribution in [-0.2, 0) is 14.0 Å². The Morgan fingerprint density at radius 1 is 0.741 bits per heavy atom. The standard InChI is InChI=1S/C19H31N4O3P/c24-27(22-10-14-25-15-11-22,23-12-16-26-17-13-23)18-20-6-8-21(9-7-20)19-4-2-1-3-5-19/h1-5H,6-18H2. The van der Waals surface area contributed by atoms with Crippen molar-refractivity contribution in [3.05, 3.63) is 30.3 Å². The fourth-order valence-electron chi connectivity index (χ4n) is 4.14. The van der Waals surface area contributed by atoms with E-state index >= 15 is 0 Å². The fraction of sp³-hybridized carbons (Fsp3) is 0.684. The van der Waals surface area contributed by atoms with E-state index in [0.29, 0.717) is 32.7 Å². The van der Waals surface area contributed by atoms with Crippen molar-refractivity contribution in [2.24, 2.45) is 0 Å². The van der Waals surface area contributed by atoms with Gasteiger partial charge in [-0.1, -0.05) is 18.2 Å². The average Bonchev–Trinajstić information content (AvgIpc) is 2.76. The summed E-state index contributed by atoms with van der Waals surface area (Å²) in [5.41, 5.74) is 1.28. The minimum Gasteiger partial charge on any atom is -0.379 e. The van der Waals surface area contributed by atoms with Crippen molar-refractivity contribution >= 4 is 13.1 Å². The largest absolute Gasteiger partial charge is 0.379 e. The lowest BCUT2D eigenvalue weighted by Crippen LogP contribution is -2.50. The molecule has 0 amide bonds. The monoisotopic (exact) mass is 394 g/mol. The van der Waals surface area contributed by atoms with Crippen molar-refractivity contribution in [1.82, 2.24) is 14.2 Å². The molecular formula is C19H31N4O3P. The topological polar surface area (TPSA) is 48.5 Å². The molecule has 3 saturated heterocycles. The molecule has 1 aromatic rings. The second-order valence-electron chi connectivity index (χ2n) is 7.38. The third kappa shape index (κ3) is 4.56. The Kier molecular flexibility index (Phi) is 6.48. The number of morpholine rings is 2. The lowest BCUT2D eigenvalue weighted by Gasteiger charge is -2.45. The van der Waals surface area contributed by atoms with Gasteiger partial charge >= 0.3 is 0 Å². The lowest BCUT2D eigenvalue weighted by atomic mass is 10.2. The third-order valence-electron chi connectivity index (χ3n) is 5.74. The van der Waals surface area contributed by atoms with Crippen LogP contribution in [0.5, 0.6) is 0 Å². The Bertz CT molecular complexity index is 605. The number of hydrogen-bond donors (Lipinski definition) is 0. The molecule has 4 rings (SSSR count). The van der Waals surface area contributed by atoms with Crippen molar-refractivity contribution in [2.45, 2.75) is 0 Å². The van der Waals surface area contributed by atoms with Gasteiger partial charge < -0.3 is 14.4 Å². The van der Waals surface area contributed by atoms with E-state index < -0.39 is 7.44 Å². The second-order valence-corrected chi connectivity index (χ2v) is 10.1. The van der Waals surface area contributed by atoms with Crippen LogP contribution >= 0.6 is 7.44 Å². The summed E-state index contributed by atoms with van der Waals surface area (Å²) in [5, 5.41) is 0. The maximum Gasteiger partial charge on any atom is 0.230 e. The zero-order valence-corrected chi connectivity index (χ0v) is 16.9. The first-order chi connectivity index (χ1) is 13.3. The number of piperazine rings is 1. The molecule has 7 nitrogen and oxygen atoms in total. The second kappa shape index (κ2) is 9.03. The van der Waals surface area contributed by atoms with E-state index in [1.807, 2.05) is 0 Å². The number of para-hydroxylation sites is 1. The first kappa shape index (κ1) is 19.4. The van der Waals surface area contributed by atoms with Gasteiger partial charge in [-0.05, 0) is 12.1 Å². The fourth-order valence-corrected chi connectivity index (χ4v) is 7.23. The molecule has 0 atom stereocenters. The number of ether oxygens (including phenoxy) is 2.